The van der Waals surface area contributed by atoms with Gasteiger partial charge < -0.3 is 4.74 Å². The first-order valence-corrected chi connectivity index (χ1v) is 5.28. The van der Waals surface area contributed by atoms with Crippen LogP contribution >= 0.6 is 0 Å². The predicted molar refractivity (Wildman–Crippen MR) is 56.6 cm³/mol. The molecule has 0 saturated heterocycles. The monoisotopic (exact) mass is 264 g/mol. The van der Waals surface area contributed by atoms with Gasteiger partial charge in [0.2, 0.25) is 0 Å². The predicted octanol–water partition coefficient (Wildman–Crippen LogP) is 2.91. The van der Waals surface area contributed by atoms with E-state index in [1.807, 2.05) is 0 Å². The summed E-state index contributed by atoms with van der Waals surface area (Å²) in [6, 6.07) is 5.73. The van der Waals surface area contributed by atoms with Crippen LogP contribution in [0.4, 0.5) is 17.6 Å². The molecule has 0 aromatic heterocycles. The third-order valence-electron chi connectivity index (χ3n) is 2.14. The summed E-state index contributed by atoms with van der Waals surface area (Å²) in [6.07, 6.45) is -5.58. The average Bonchev–Trinajstić information content (AvgIpc) is 2.26. The Morgan fingerprint density at radius 2 is 1.89 bits per heavy atom. The molecule has 0 aliphatic heterocycles. The second kappa shape index (κ2) is 6.49. The lowest BCUT2D eigenvalue weighted by Gasteiger charge is -2.07. The second-order valence-electron chi connectivity index (χ2n) is 3.72. The Morgan fingerprint density at radius 1 is 1.22 bits per heavy atom. The number of ketones is 1. The largest absolute Gasteiger partial charge is 0.391 e. The maximum absolute atomic E-state index is 13.2. The van der Waals surface area contributed by atoms with Gasteiger partial charge in [-0.3, -0.25) is 4.79 Å². The molecular weight excluding hydrogens is 252 g/mol. The number of rotatable bonds is 6. The molecule has 100 valence electrons. The minimum Gasteiger partial charge on any atom is -0.373 e. The van der Waals surface area contributed by atoms with E-state index in [2.05, 4.69) is 4.74 Å². The van der Waals surface area contributed by atoms with Crippen molar-refractivity contribution >= 4 is 5.78 Å². The number of ether oxygens (including phenoxy) is 1. The van der Waals surface area contributed by atoms with Gasteiger partial charge in [-0.25, -0.2) is 4.39 Å². The average molecular weight is 264 g/mol. The number of carbonyl (C=O) groups excluding carboxylic acids is 1. The molecule has 0 N–H and O–H groups in total. The van der Waals surface area contributed by atoms with Gasteiger partial charge in [0.25, 0.3) is 0 Å². The third-order valence-corrected chi connectivity index (χ3v) is 2.14. The highest BCUT2D eigenvalue weighted by molar-refractivity contribution is 5.82. The van der Waals surface area contributed by atoms with Gasteiger partial charge in [-0.15, -0.1) is 0 Å². The molecule has 0 fully saturated rings. The molecule has 0 bridgehead atoms. The van der Waals surface area contributed by atoms with Gasteiger partial charge in [0.05, 0.1) is 13.0 Å². The van der Waals surface area contributed by atoms with Crippen LogP contribution in [0.15, 0.2) is 24.3 Å². The van der Waals surface area contributed by atoms with Gasteiger partial charge in [0, 0.05) is 6.42 Å². The van der Waals surface area contributed by atoms with Crippen molar-refractivity contribution in [3.05, 3.63) is 35.6 Å². The van der Waals surface area contributed by atoms with Gasteiger partial charge in [-0.1, -0.05) is 18.2 Å². The minimum atomic E-state index is -4.30. The molecule has 1 aromatic carbocycles. The lowest BCUT2D eigenvalue weighted by Crippen LogP contribution is -2.16. The van der Waals surface area contributed by atoms with E-state index in [1.54, 1.807) is 6.07 Å². The van der Waals surface area contributed by atoms with Gasteiger partial charge >= 0.3 is 6.18 Å². The standard InChI is InChI=1S/C12H12F4O2/c13-11-4-2-1-3-9(11)7-10(17)8-18-6-5-12(14,15)16/h1-4H,5-8H2. The fourth-order valence-corrected chi connectivity index (χ4v) is 1.28. The highest BCUT2D eigenvalue weighted by Gasteiger charge is 2.26. The summed E-state index contributed by atoms with van der Waals surface area (Å²) < 4.78 is 53.0. The smallest absolute Gasteiger partial charge is 0.373 e. The maximum atomic E-state index is 13.2. The van der Waals surface area contributed by atoms with E-state index in [4.69, 9.17) is 0 Å². The summed E-state index contributed by atoms with van der Waals surface area (Å²) in [5.74, 6) is -0.969. The molecule has 0 heterocycles. The van der Waals surface area contributed by atoms with E-state index in [1.165, 1.54) is 18.2 Å². The summed E-state index contributed by atoms with van der Waals surface area (Å²) in [5, 5.41) is 0. The summed E-state index contributed by atoms with van der Waals surface area (Å²) in [7, 11) is 0. The molecule has 1 rings (SSSR count). The van der Waals surface area contributed by atoms with Crippen molar-refractivity contribution in [2.75, 3.05) is 13.2 Å². The fourth-order valence-electron chi connectivity index (χ4n) is 1.28. The quantitative estimate of drug-likeness (QED) is 0.583. The number of benzene rings is 1. The summed E-state index contributed by atoms with van der Waals surface area (Å²) in [6.45, 7) is -1.00. The Hall–Kier alpha value is -1.43. The number of carbonyl (C=O) groups is 1. The Bertz CT molecular complexity index is 401. The lowest BCUT2D eigenvalue weighted by molar-refractivity contribution is -0.148. The molecule has 0 spiro atoms. The first-order valence-electron chi connectivity index (χ1n) is 5.28. The van der Waals surface area contributed by atoms with Crippen LogP contribution in [-0.4, -0.2) is 25.2 Å². The molecular formula is C12H12F4O2. The molecule has 18 heavy (non-hydrogen) atoms. The van der Waals surface area contributed by atoms with Crippen LogP contribution in [-0.2, 0) is 16.0 Å². The highest BCUT2D eigenvalue weighted by atomic mass is 19.4. The molecule has 0 unspecified atom stereocenters. The maximum Gasteiger partial charge on any atom is 0.391 e. The van der Waals surface area contributed by atoms with Crippen molar-refractivity contribution in [2.45, 2.75) is 19.0 Å². The Labute approximate surface area is 102 Å². The highest BCUT2D eigenvalue weighted by Crippen LogP contribution is 2.18. The number of halogens is 4. The zero-order chi connectivity index (χ0) is 13.6. The summed E-state index contributed by atoms with van der Waals surface area (Å²) in [5.41, 5.74) is 0.210. The van der Waals surface area contributed by atoms with E-state index in [9.17, 15) is 22.4 Å². The van der Waals surface area contributed by atoms with Crippen molar-refractivity contribution in [1.82, 2.24) is 0 Å². The van der Waals surface area contributed by atoms with Crippen LogP contribution in [0.5, 0.6) is 0 Å². The molecule has 0 aliphatic carbocycles. The molecule has 0 aliphatic rings. The van der Waals surface area contributed by atoms with Crippen LogP contribution in [0, 0.1) is 5.82 Å². The van der Waals surface area contributed by atoms with Crippen molar-refractivity contribution < 1.29 is 27.1 Å². The van der Waals surface area contributed by atoms with Crippen molar-refractivity contribution in [2.24, 2.45) is 0 Å². The molecule has 0 amide bonds. The van der Waals surface area contributed by atoms with Gasteiger partial charge in [-0.2, -0.15) is 13.2 Å². The molecule has 1 aromatic rings. The Balaban J connectivity index is 2.29. The van der Waals surface area contributed by atoms with Crippen LogP contribution < -0.4 is 0 Å². The molecule has 2 nitrogen and oxygen atoms in total. The van der Waals surface area contributed by atoms with E-state index in [0.29, 0.717) is 0 Å². The molecule has 0 atom stereocenters. The van der Waals surface area contributed by atoms with Crippen LogP contribution in [0.1, 0.15) is 12.0 Å². The first kappa shape index (κ1) is 14.6. The van der Waals surface area contributed by atoms with Crippen molar-refractivity contribution in [1.29, 1.82) is 0 Å². The normalized spacial score (nSPS) is 11.6. The molecule has 0 radical (unpaired) electrons. The SMILES string of the molecule is O=C(COCCC(F)(F)F)Cc1ccccc1F. The number of alkyl halides is 3. The Kier molecular flexibility index (Phi) is 5.27. The minimum absolute atomic E-state index is 0.182. The number of Topliss-reactive ketones (excluding diaryl/α,β-unsaturated/α-hetero) is 1. The molecule has 0 saturated carbocycles. The van der Waals surface area contributed by atoms with Crippen LogP contribution in [0.2, 0.25) is 0 Å². The number of hydrogen-bond acceptors (Lipinski definition) is 2. The van der Waals surface area contributed by atoms with Crippen LogP contribution in [0.3, 0.4) is 0 Å². The van der Waals surface area contributed by atoms with E-state index in [-0.39, 0.29) is 12.0 Å². The summed E-state index contributed by atoms with van der Waals surface area (Å²) >= 11 is 0. The topological polar surface area (TPSA) is 26.3 Å². The van der Waals surface area contributed by atoms with Crippen LogP contribution in [0.25, 0.3) is 0 Å². The lowest BCUT2D eigenvalue weighted by atomic mass is 10.1. The zero-order valence-electron chi connectivity index (χ0n) is 9.47. The third kappa shape index (κ3) is 5.77. The van der Waals surface area contributed by atoms with Gasteiger partial charge in [0.15, 0.2) is 5.78 Å². The van der Waals surface area contributed by atoms with Gasteiger partial charge in [-0.05, 0) is 11.6 Å². The Morgan fingerprint density at radius 3 is 2.50 bits per heavy atom. The van der Waals surface area contributed by atoms with E-state index < -0.39 is 37.4 Å². The van der Waals surface area contributed by atoms with Gasteiger partial charge in [0.1, 0.15) is 12.4 Å². The van der Waals surface area contributed by atoms with E-state index in [0.717, 1.165) is 0 Å². The zero-order valence-corrected chi connectivity index (χ0v) is 9.47. The summed E-state index contributed by atoms with van der Waals surface area (Å²) in [4.78, 5) is 11.3. The fraction of sp³-hybridized carbons (Fsp3) is 0.417. The second-order valence-corrected chi connectivity index (χ2v) is 3.72. The van der Waals surface area contributed by atoms with E-state index >= 15 is 0 Å². The van der Waals surface area contributed by atoms with Crippen molar-refractivity contribution in [3.8, 4) is 0 Å². The van der Waals surface area contributed by atoms with Crippen molar-refractivity contribution in [3.63, 3.8) is 0 Å². The number of hydrogen-bond donors (Lipinski definition) is 0. The molecule has 6 heteroatoms. The first-order chi connectivity index (χ1) is 8.38.